The molecule has 6 aromatic carbocycles. The Kier molecular flexibility index (Phi) is 6.60. The summed E-state index contributed by atoms with van der Waals surface area (Å²) in [6.07, 6.45) is 2.03. The van der Waals surface area contributed by atoms with Gasteiger partial charge in [0, 0.05) is 28.8 Å². The highest BCUT2D eigenvalue weighted by Gasteiger charge is 2.68. The van der Waals surface area contributed by atoms with Crippen molar-refractivity contribution in [3.05, 3.63) is 167 Å². The van der Waals surface area contributed by atoms with Gasteiger partial charge < -0.3 is 4.74 Å². The van der Waals surface area contributed by atoms with Crippen LogP contribution in [0.15, 0.2) is 140 Å². The van der Waals surface area contributed by atoms with Gasteiger partial charge in [0.2, 0.25) is 5.69 Å². The number of rotatable bonds is 3. The van der Waals surface area contributed by atoms with Crippen molar-refractivity contribution >= 4 is 11.0 Å². The molecule has 0 fully saturated rings. The van der Waals surface area contributed by atoms with Crippen molar-refractivity contribution in [1.82, 2.24) is 4.57 Å². The summed E-state index contributed by atoms with van der Waals surface area (Å²) in [4.78, 5) is 0. The highest BCUT2D eigenvalue weighted by atomic mass is 16.5. The van der Waals surface area contributed by atoms with Crippen molar-refractivity contribution in [3.63, 3.8) is 0 Å². The summed E-state index contributed by atoms with van der Waals surface area (Å²) in [7, 11) is 0. The number of pyridine rings is 1. The van der Waals surface area contributed by atoms with E-state index in [1.54, 1.807) is 6.92 Å². The standard InChI is InChI=1S/C56H53N3O/c1-34-18-20-35(21-19-34)37-28-29-57-48(30-37)45-33-40(55(8,9)10)32-44-41-15-13-16-47-51(41)59-52(42-14-11-12-17-49(42)60-56(57,59)50(44)45)58(47)46-27-26-39(54(5,6)7)31-43(46)36-22-24-38(25-23-36)53(2,3)4/h11-33H,1-10H3/q+2/i18D,19D,20D,21D. The summed E-state index contributed by atoms with van der Waals surface area (Å²) in [5, 5.41) is 0. The highest BCUT2D eigenvalue weighted by Crippen LogP contribution is 2.54. The Morgan fingerprint density at radius 3 is 1.93 bits per heavy atom. The molecule has 0 saturated heterocycles. The summed E-state index contributed by atoms with van der Waals surface area (Å²) >= 11 is 0. The summed E-state index contributed by atoms with van der Waals surface area (Å²) < 4.78 is 50.3. The van der Waals surface area contributed by atoms with Gasteiger partial charge in [-0.25, -0.2) is 0 Å². The quantitative estimate of drug-likeness (QED) is 0.163. The molecule has 8 aromatic rings. The van der Waals surface area contributed by atoms with Crippen LogP contribution in [0, 0.1) is 6.92 Å². The van der Waals surface area contributed by atoms with E-state index in [4.69, 9.17) is 10.2 Å². The maximum Gasteiger partial charge on any atom is 0.499 e. The molecule has 3 aliphatic rings. The molecule has 4 heteroatoms. The lowest BCUT2D eigenvalue weighted by molar-refractivity contribution is -0.997. The van der Waals surface area contributed by atoms with Crippen molar-refractivity contribution in [1.29, 1.82) is 0 Å². The summed E-state index contributed by atoms with van der Waals surface area (Å²) in [5.74, 6) is 0.564. The van der Waals surface area contributed by atoms with E-state index in [9.17, 15) is 0 Å². The number of fused-ring (bicyclic) bond motifs is 5. The van der Waals surface area contributed by atoms with Gasteiger partial charge >= 0.3 is 11.7 Å². The average molecular weight is 788 g/mol. The molecule has 1 atom stereocenters. The molecule has 1 spiro atoms. The number of para-hydroxylation sites is 2. The van der Waals surface area contributed by atoms with Crippen LogP contribution in [-0.4, -0.2) is 4.57 Å². The Hall–Kier alpha value is -6.26. The normalized spacial score (nSPS) is 17.0. The van der Waals surface area contributed by atoms with E-state index in [1.807, 2.05) is 24.4 Å². The first-order valence-corrected chi connectivity index (χ1v) is 21.2. The summed E-state index contributed by atoms with van der Waals surface area (Å²) in [6, 6.07) is 39.6. The van der Waals surface area contributed by atoms with Gasteiger partial charge in [-0.15, -0.1) is 9.13 Å². The van der Waals surface area contributed by atoms with E-state index in [1.165, 1.54) is 16.7 Å². The van der Waals surface area contributed by atoms with E-state index in [0.717, 1.165) is 72.9 Å². The predicted octanol–water partition coefficient (Wildman–Crippen LogP) is 13.0. The summed E-state index contributed by atoms with van der Waals surface area (Å²) in [6.45, 7) is 22.0. The Bertz CT molecular complexity index is 3330. The second-order valence-electron chi connectivity index (χ2n) is 20.1. The molecule has 3 aliphatic heterocycles. The molecule has 0 saturated carbocycles. The molecule has 5 heterocycles. The number of hydrogen-bond donors (Lipinski definition) is 0. The van der Waals surface area contributed by atoms with Gasteiger partial charge in [-0.1, -0.05) is 141 Å². The van der Waals surface area contributed by atoms with Crippen LogP contribution in [0.3, 0.4) is 0 Å². The van der Waals surface area contributed by atoms with Crippen LogP contribution in [-0.2, 0) is 22.1 Å². The van der Waals surface area contributed by atoms with E-state index < -0.39 is 5.85 Å². The molecule has 0 radical (unpaired) electrons. The largest absolute Gasteiger partial charge is 0.499 e. The fourth-order valence-corrected chi connectivity index (χ4v) is 9.71. The molecule has 0 bridgehead atoms. The van der Waals surface area contributed by atoms with E-state index >= 15 is 0 Å². The first-order valence-electron chi connectivity index (χ1n) is 23.2. The van der Waals surface area contributed by atoms with Crippen molar-refractivity contribution in [3.8, 4) is 67.5 Å². The molecule has 0 amide bonds. The Morgan fingerprint density at radius 1 is 0.567 bits per heavy atom. The zero-order chi connectivity index (χ0) is 45.2. The molecular formula is C56H53N3O+2. The first-order chi connectivity index (χ1) is 30.2. The predicted molar refractivity (Wildman–Crippen MR) is 245 cm³/mol. The number of ether oxygens (including phenoxy) is 1. The third-order valence-electron chi connectivity index (χ3n) is 13.0. The van der Waals surface area contributed by atoms with Crippen molar-refractivity contribution in [2.45, 2.75) is 91.3 Å². The van der Waals surface area contributed by atoms with E-state index in [2.05, 4.69) is 167 Å². The van der Waals surface area contributed by atoms with Crippen LogP contribution in [0.2, 0.25) is 0 Å². The molecule has 4 nitrogen and oxygen atoms in total. The SMILES string of the molecule is [2H]c1c([2H])c(-c2cc[n+]3c(c2)-c2cc(C(C)(C)C)cc4c2C32Oc3ccccc3-c3n(-c5ccc(C(C)(C)C)cc5-c5ccc(C(C)(C)C)cc5)c5cccc-4c5[n+]32)c([2H])c([2H])c1C. The van der Waals surface area contributed by atoms with Gasteiger partial charge in [-0.05, 0) is 105 Å². The lowest BCUT2D eigenvalue weighted by Crippen LogP contribution is -2.78. The third kappa shape index (κ3) is 5.09. The van der Waals surface area contributed by atoms with E-state index in [-0.39, 0.29) is 46.0 Å². The number of hydrogen-bond acceptors (Lipinski definition) is 1. The fourth-order valence-electron chi connectivity index (χ4n) is 9.71. The third-order valence-corrected chi connectivity index (χ3v) is 13.0. The average Bonchev–Trinajstić information content (AvgIpc) is 3.75. The second-order valence-corrected chi connectivity index (χ2v) is 20.1. The van der Waals surface area contributed by atoms with Gasteiger partial charge in [-0.2, -0.15) is 4.57 Å². The zero-order valence-electron chi connectivity index (χ0n) is 40.2. The van der Waals surface area contributed by atoms with Gasteiger partial charge in [0.15, 0.2) is 17.2 Å². The molecule has 60 heavy (non-hydrogen) atoms. The van der Waals surface area contributed by atoms with Gasteiger partial charge in [0.05, 0.1) is 11.0 Å². The molecule has 1 unspecified atom stereocenters. The Morgan fingerprint density at radius 2 is 1.22 bits per heavy atom. The van der Waals surface area contributed by atoms with Crippen LogP contribution < -0.4 is 13.9 Å². The molecule has 11 rings (SSSR count). The highest BCUT2D eigenvalue weighted by molar-refractivity contribution is 5.98. The molecule has 0 N–H and O–H groups in total. The molecule has 296 valence electrons. The van der Waals surface area contributed by atoms with Crippen LogP contribution >= 0.6 is 0 Å². The molecule has 0 aliphatic carbocycles. The van der Waals surface area contributed by atoms with E-state index in [0.29, 0.717) is 11.1 Å². The Balaban J connectivity index is 1.28. The first kappa shape index (κ1) is 32.6. The lowest BCUT2D eigenvalue weighted by atomic mass is 9.80. The topological polar surface area (TPSA) is 21.9 Å². The van der Waals surface area contributed by atoms with Gasteiger partial charge in [0.25, 0.3) is 0 Å². The van der Waals surface area contributed by atoms with Crippen LogP contribution in [0.25, 0.3) is 72.7 Å². The Labute approximate surface area is 360 Å². The van der Waals surface area contributed by atoms with Crippen LogP contribution in [0.4, 0.5) is 0 Å². The van der Waals surface area contributed by atoms with Crippen molar-refractivity contribution < 1.29 is 19.4 Å². The minimum atomic E-state index is -1.20. The van der Waals surface area contributed by atoms with Crippen molar-refractivity contribution in [2.24, 2.45) is 0 Å². The lowest BCUT2D eigenvalue weighted by Gasteiger charge is -2.33. The fraction of sp³-hybridized carbons (Fsp3) is 0.250. The maximum atomic E-state index is 9.07. The van der Waals surface area contributed by atoms with Crippen LogP contribution in [0.5, 0.6) is 5.75 Å². The zero-order valence-corrected chi connectivity index (χ0v) is 36.2. The number of nitrogens with zero attached hydrogens (tertiary/aromatic N) is 3. The minimum absolute atomic E-state index is 0.0175. The number of aromatic nitrogens is 3. The number of benzene rings is 6. The second kappa shape index (κ2) is 12.2. The minimum Gasteiger partial charge on any atom is -0.392 e. The van der Waals surface area contributed by atoms with Gasteiger partial charge in [0.1, 0.15) is 22.6 Å². The summed E-state index contributed by atoms with van der Waals surface area (Å²) in [5.41, 5.74) is 16.3. The monoisotopic (exact) mass is 787 g/mol. The number of imidazole rings is 1. The maximum absolute atomic E-state index is 9.07. The van der Waals surface area contributed by atoms with Crippen molar-refractivity contribution in [2.75, 3.05) is 0 Å². The van der Waals surface area contributed by atoms with Crippen LogP contribution in [0.1, 0.15) is 95.6 Å². The molecule has 2 aromatic heterocycles. The smallest absolute Gasteiger partial charge is 0.392 e. The molecular weight excluding hydrogens is 731 g/mol. The van der Waals surface area contributed by atoms with Gasteiger partial charge in [-0.3, -0.25) is 0 Å².